The number of hydrogen-bond donors (Lipinski definition) is 3. The summed E-state index contributed by atoms with van der Waals surface area (Å²) in [4.78, 5) is 10.0. The molecule has 0 unspecified atom stereocenters. The van der Waals surface area contributed by atoms with Gasteiger partial charge >= 0.3 is 0 Å². The van der Waals surface area contributed by atoms with Crippen LogP contribution < -0.4 is 21.3 Å². The number of nitrogens with one attached hydrogen (secondary N) is 2. The summed E-state index contributed by atoms with van der Waals surface area (Å²) in [5, 5.41) is 0. The zero-order valence-corrected chi connectivity index (χ0v) is 7.20. The predicted molar refractivity (Wildman–Crippen MR) is 50.2 cm³/mol. The number of anilines is 2. The van der Waals surface area contributed by atoms with Gasteiger partial charge < -0.3 is 10.5 Å². The van der Waals surface area contributed by atoms with E-state index in [4.69, 9.17) is 10.5 Å². The second kappa shape index (κ2) is 4.20. The predicted octanol–water partition coefficient (Wildman–Crippen LogP) is 0.350. The van der Waals surface area contributed by atoms with Gasteiger partial charge in [0.2, 0.25) is 6.41 Å². The lowest BCUT2D eigenvalue weighted by Crippen LogP contribution is -2.19. The summed E-state index contributed by atoms with van der Waals surface area (Å²) in [5.74, 6) is 0.578. The van der Waals surface area contributed by atoms with Crippen molar-refractivity contribution < 1.29 is 9.53 Å². The molecule has 1 amide bonds. The van der Waals surface area contributed by atoms with E-state index in [0.29, 0.717) is 23.5 Å². The van der Waals surface area contributed by atoms with Crippen LogP contribution in [0.4, 0.5) is 11.4 Å². The molecule has 0 aliphatic heterocycles. The van der Waals surface area contributed by atoms with Gasteiger partial charge in [-0.2, -0.15) is 0 Å². The number of hydrazine groups is 1. The van der Waals surface area contributed by atoms with Gasteiger partial charge in [0, 0.05) is 11.8 Å². The fraction of sp³-hybridized carbons (Fsp3) is 0.125. The molecule has 0 bridgehead atoms. The molecule has 0 spiro atoms. The van der Waals surface area contributed by atoms with Crippen LogP contribution in [0.2, 0.25) is 0 Å². The smallest absolute Gasteiger partial charge is 0.225 e. The van der Waals surface area contributed by atoms with Crippen molar-refractivity contribution in [2.75, 3.05) is 18.3 Å². The lowest BCUT2D eigenvalue weighted by Gasteiger charge is -2.09. The van der Waals surface area contributed by atoms with Crippen LogP contribution in [0.15, 0.2) is 18.2 Å². The summed E-state index contributed by atoms with van der Waals surface area (Å²) >= 11 is 0. The SMILES string of the molecule is COc1cc(N)ccc1NNC=O. The zero-order chi connectivity index (χ0) is 9.68. The molecule has 0 heterocycles. The Balaban J connectivity index is 2.85. The first kappa shape index (κ1) is 9.18. The lowest BCUT2D eigenvalue weighted by molar-refractivity contribution is -0.109. The first-order valence-electron chi connectivity index (χ1n) is 3.66. The number of nitrogens with two attached hydrogens (primary N) is 1. The quantitative estimate of drug-likeness (QED) is 0.356. The van der Waals surface area contributed by atoms with E-state index in [1.54, 1.807) is 18.2 Å². The van der Waals surface area contributed by atoms with Crippen LogP contribution in [0.1, 0.15) is 0 Å². The van der Waals surface area contributed by atoms with Crippen molar-refractivity contribution in [2.45, 2.75) is 0 Å². The summed E-state index contributed by atoms with van der Waals surface area (Å²) in [6.45, 7) is 0. The van der Waals surface area contributed by atoms with Crippen LogP contribution in [0.5, 0.6) is 5.75 Å². The summed E-state index contributed by atoms with van der Waals surface area (Å²) in [7, 11) is 1.53. The van der Waals surface area contributed by atoms with E-state index in [1.807, 2.05) is 0 Å². The van der Waals surface area contributed by atoms with E-state index in [2.05, 4.69) is 10.9 Å². The molecule has 0 aliphatic rings. The molecule has 0 aliphatic carbocycles. The second-order valence-electron chi connectivity index (χ2n) is 2.35. The van der Waals surface area contributed by atoms with Crippen molar-refractivity contribution in [3.05, 3.63) is 18.2 Å². The van der Waals surface area contributed by atoms with Crippen LogP contribution in [0, 0.1) is 0 Å². The largest absolute Gasteiger partial charge is 0.494 e. The Hall–Kier alpha value is -1.91. The number of rotatable bonds is 4. The van der Waals surface area contributed by atoms with Crippen LogP contribution in [-0.2, 0) is 4.79 Å². The third kappa shape index (κ3) is 2.26. The topological polar surface area (TPSA) is 76.4 Å². The van der Waals surface area contributed by atoms with Gasteiger partial charge in [0.05, 0.1) is 12.8 Å². The molecule has 1 aromatic carbocycles. The molecular formula is C8H11N3O2. The van der Waals surface area contributed by atoms with Crippen LogP contribution in [0.3, 0.4) is 0 Å². The van der Waals surface area contributed by atoms with Gasteiger partial charge in [-0.25, -0.2) is 0 Å². The molecule has 0 saturated heterocycles. The van der Waals surface area contributed by atoms with E-state index in [9.17, 15) is 4.79 Å². The maximum Gasteiger partial charge on any atom is 0.225 e. The number of nitrogen functional groups attached to an aromatic ring is 1. The van der Waals surface area contributed by atoms with Crippen LogP contribution in [0.25, 0.3) is 0 Å². The molecule has 0 saturated carbocycles. The van der Waals surface area contributed by atoms with Gasteiger partial charge in [0.1, 0.15) is 5.75 Å². The van der Waals surface area contributed by atoms with Gasteiger partial charge in [-0.15, -0.1) is 0 Å². The average Bonchev–Trinajstić information content (AvgIpc) is 2.16. The number of ether oxygens (including phenoxy) is 1. The Morgan fingerprint density at radius 2 is 2.31 bits per heavy atom. The standard InChI is InChI=1S/C8H11N3O2/c1-13-8-4-6(9)2-3-7(8)11-10-5-12/h2-5,11H,9H2,1H3,(H,10,12). The molecule has 1 rings (SSSR count). The third-order valence-corrected chi connectivity index (χ3v) is 1.49. The van der Waals surface area contributed by atoms with Crippen LogP contribution in [-0.4, -0.2) is 13.5 Å². The molecular weight excluding hydrogens is 170 g/mol. The molecule has 0 atom stereocenters. The molecule has 0 radical (unpaired) electrons. The molecule has 5 nitrogen and oxygen atoms in total. The van der Waals surface area contributed by atoms with Crippen molar-refractivity contribution in [1.82, 2.24) is 5.43 Å². The van der Waals surface area contributed by atoms with E-state index in [-0.39, 0.29) is 0 Å². The fourth-order valence-corrected chi connectivity index (χ4v) is 0.918. The lowest BCUT2D eigenvalue weighted by atomic mass is 10.2. The second-order valence-corrected chi connectivity index (χ2v) is 2.35. The van der Waals surface area contributed by atoms with Crippen molar-refractivity contribution >= 4 is 17.8 Å². The molecule has 13 heavy (non-hydrogen) atoms. The van der Waals surface area contributed by atoms with Crippen molar-refractivity contribution in [2.24, 2.45) is 0 Å². The number of carbonyl (C=O) groups is 1. The summed E-state index contributed by atoms with van der Waals surface area (Å²) < 4.78 is 5.02. The molecule has 5 heteroatoms. The highest BCUT2D eigenvalue weighted by atomic mass is 16.5. The van der Waals surface area contributed by atoms with Gasteiger partial charge in [-0.3, -0.25) is 15.6 Å². The molecule has 70 valence electrons. The van der Waals surface area contributed by atoms with Crippen molar-refractivity contribution in [3.63, 3.8) is 0 Å². The first-order valence-corrected chi connectivity index (χ1v) is 3.66. The average molecular weight is 181 g/mol. The Labute approximate surface area is 75.8 Å². The zero-order valence-electron chi connectivity index (χ0n) is 7.20. The van der Waals surface area contributed by atoms with Crippen molar-refractivity contribution in [3.8, 4) is 5.75 Å². The van der Waals surface area contributed by atoms with E-state index >= 15 is 0 Å². The van der Waals surface area contributed by atoms with E-state index in [0.717, 1.165) is 0 Å². The first-order chi connectivity index (χ1) is 6.27. The van der Waals surface area contributed by atoms with Gasteiger partial charge in [-0.05, 0) is 12.1 Å². The summed E-state index contributed by atoms with van der Waals surface area (Å²) in [6.07, 6.45) is 0.537. The van der Waals surface area contributed by atoms with E-state index in [1.165, 1.54) is 7.11 Å². The Morgan fingerprint density at radius 3 is 2.92 bits per heavy atom. The van der Waals surface area contributed by atoms with E-state index < -0.39 is 0 Å². The maximum atomic E-state index is 10.0. The minimum Gasteiger partial charge on any atom is -0.494 e. The van der Waals surface area contributed by atoms with Crippen LogP contribution >= 0.6 is 0 Å². The highest BCUT2D eigenvalue weighted by Crippen LogP contribution is 2.25. The minimum absolute atomic E-state index is 0.537. The van der Waals surface area contributed by atoms with Crippen molar-refractivity contribution in [1.29, 1.82) is 0 Å². The monoisotopic (exact) mass is 181 g/mol. The minimum atomic E-state index is 0.537. The van der Waals surface area contributed by atoms with Gasteiger partial charge in [0.25, 0.3) is 0 Å². The third-order valence-electron chi connectivity index (χ3n) is 1.49. The molecule has 1 aromatic rings. The summed E-state index contributed by atoms with van der Waals surface area (Å²) in [6, 6.07) is 5.08. The summed E-state index contributed by atoms with van der Waals surface area (Å²) in [5.41, 5.74) is 11.7. The number of amides is 1. The molecule has 4 N–H and O–H groups in total. The molecule has 0 fully saturated rings. The normalized spacial score (nSPS) is 9.00. The maximum absolute atomic E-state index is 10.0. The highest BCUT2D eigenvalue weighted by molar-refractivity contribution is 5.64. The van der Waals surface area contributed by atoms with Gasteiger partial charge in [-0.1, -0.05) is 0 Å². The Bertz CT molecular complexity index is 301. The Morgan fingerprint density at radius 1 is 1.54 bits per heavy atom. The fourth-order valence-electron chi connectivity index (χ4n) is 0.918. The number of benzene rings is 1. The van der Waals surface area contributed by atoms with Gasteiger partial charge in [0.15, 0.2) is 0 Å². The number of methoxy groups -OCH3 is 1. The number of hydrogen-bond acceptors (Lipinski definition) is 4. The highest BCUT2D eigenvalue weighted by Gasteiger charge is 2.01. The Kier molecular flexibility index (Phi) is 2.97. The number of carbonyl (C=O) groups excluding carboxylic acids is 1. The molecule has 0 aromatic heterocycles.